The second-order valence-corrected chi connectivity index (χ2v) is 7.09. The topological polar surface area (TPSA) is 107 Å². The van der Waals surface area contributed by atoms with Gasteiger partial charge in [0.2, 0.25) is 5.78 Å². The number of hydrogen-bond donors (Lipinski definition) is 3. The molecule has 1 atom stereocenters. The van der Waals surface area contributed by atoms with E-state index in [4.69, 9.17) is 15.1 Å². The quantitative estimate of drug-likeness (QED) is 0.337. The summed E-state index contributed by atoms with van der Waals surface area (Å²) in [5.74, 6) is 7.20. The van der Waals surface area contributed by atoms with Crippen molar-refractivity contribution in [1.29, 1.82) is 5.41 Å². The van der Waals surface area contributed by atoms with Gasteiger partial charge in [-0.15, -0.1) is 0 Å². The van der Waals surface area contributed by atoms with E-state index < -0.39 is 0 Å². The van der Waals surface area contributed by atoms with Gasteiger partial charge in [0.25, 0.3) is 0 Å². The largest absolute Gasteiger partial charge is 0.377 e. The van der Waals surface area contributed by atoms with E-state index in [0.717, 1.165) is 0 Å². The Morgan fingerprint density at radius 3 is 2.90 bits per heavy atom. The lowest BCUT2D eigenvalue weighted by molar-refractivity contribution is 0.0985. The normalized spacial score (nSPS) is 15.6. The number of anilines is 3. The van der Waals surface area contributed by atoms with E-state index in [2.05, 4.69) is 39.2 Å². The molecule has 0 amide bonds. The number of hydrogen-bond acceptors (Lipinski definition) is 7. The van der Waals surface area contributed by atoms with Crippen LogP contribution in [0.4, 0.5) is 17.5 Å². The van der Waals surface area contributed by atoms with Crippen LogP contribution in [0.15, 0.2) is 48.7 Å². The van der Waals surface area contributed by atoms with E-state index in [0.29, 0.717) is 53.9 Å². The molecule has 3 heterocycles. The Balaban J connectivity index is 1.77. The van der Waals surface area contributed by atoms with Crippen LogP contribution in [0, 0.1) is 17.3 Å². The third kappa shape index (κ3) is 4.63. The van der Waals surface area contributed by atoms with Crippen molar-refractivity contribution in [1.82, 2.24) is 15.2 Å². The molecule has 1 saturated heterocycles. The molecule has 4 rings (SSSR count). The monoisotopic (exact) mass is 414 g/mol. The molecule has 8 heteroatoms. The van der Waals surface area contributed by atoms with Crippen LogP contribution in [-0.4, -0.2) is 53.0 Å². The SMILES string of the molecule is C[C@@H]1COCCN1c1cc(C#CC(=O)c2ccccc2)c(C=N)c(Nc2ccn[nH]2)n1. The smallest absolute Gasteiger partial charge is 0.236 e. The van der Waals surface area contributed by atoms with Crippen LogP contribution in [0.2, 0.25) is 0 Å². The fraction of sp³-hybridized carbons (Fsp3) is 0.217. The van der Waals surface area contributed by atoms with Gasteiger partial charge in [0.1, 0.15) is 17.5 Å². The molecule has 156 valence electrons. The van der Waals surface area contributed by atoms with Crippen LogP contribution in [-0.2, 0) is 4.74 Å². The molecule has 0 aliphatic carbocycles. The van der Waals surface area contributed by atoms with E-state index in [1.54, 1.807) is 36.5 Å². The number of carbonyl (C=O) groups is 1. The minimum Gasteiger partial charge on any atom is -0.377 e. The number of morpholine rings is 1. The van der Waals surface area contributed by atoms with Gasteiger partial charge in [0.05, 0.1) is 31.0 Å². The highest BCUT2D eigenvalue weighted by Crippen LogP contribution is 2.26. The van der Waals surface area contributed by atoms with Crippen LogP contribution in [0.3, 0.4) is 0 Å². The number of carbonyl (C=O) groups excluding carboxylic acids is 1. The van der Waals surface area contributed by atoms with Crippen LogP contribution in [0.25, 0.3) is 0 Å². The molecule has 2 aromatic heterocycles. The Bertz CT molecular complexity index is 1130. The molecule has 1 aliphatic rings. The molecule has 3 aromatic rings. The second kappa shape index (κ2) is 9.24. The van der Waals surface area contributed by atoms with Gasteiger partial charge in [-0.3, -0.25) is 9.89 Å². The van der Waals surface area contributed by atoms with Crippen molar-refractivity contribution < 1.29 is 9.53 Å². The third-order valence-electron chi connectivity index (χ3n) is 4.95. The molecule has 31 heavy (non-hydrogen) atoms. The van der Waals surface area contributed by atoms with Crippen LogP contribution in [0.5, 0.6) is 0 Å². The summed E-state index contributed by atoms with van der Waals surface area (Å²) < 4.78 is 5.54. The molecule has 1 aliphatic heterocycles. The number of nitrogens with zero attached hydrogens (tertiary/aromatic N) is 3. The lowest BCUT2D eigenvalue weighted by Crippen LogP contribution is -2.44. The van der Waals surface area contributed by atoms with Crippen LogP contribution >= 0.6 is 0 Å². The van der Waals surface area contributed by atoms with Crippen molar-refractivity contribution >= 4 is 29.5 Å². The van der Waals surface area contributed by atoms with Gasteiger partial charge in [-0.1, -0.05) is 36.3 Å². The molecular formula is C23H22N6O2. The van der Waals surface area contributed by atoms with Gasteiger partial charge < -0.3 is 20.4 Å². The van der Waals surface area contributed by atoms with Gasteiger partial charge in [0.15, 0.2) is 0 Å². The number of nitrogens with one attached hydrogen (secondary N) is 3. The van der Waals surface area contributed by atoms with Crippen molar-refractivity contribution in [2.24, 2.45) is 0 Å². The van der Waals surface area contributed by atoms with E-state index in [1.165, 1.54) is 6.21 Å². The van der Waals surface area contributed by atoms with Crippen LogP contribution < -0.4 is 10.2 Å². The van der Waals surface area contributed by atoms with Crippen molar-refractivity contribution in [2.75, 3.05) is 30.0 Å². The first kappa shape index (κ1) is 20.3. The standard InChI is InChI=1S/C23H22N6O2/c1-16-15-31-12-11-29(16)22-13-18(7-8-20(30)17-5-3-2-4-6-17)19(14-24)23(27-22)26-21-9-10-25-28-21/h2-6,9-10,13-14,16,24H,11-12,15H2,1H3,(H2,25,26,27,28)/t16-/m1/s1. The molecule has 3 N–H and O–H groups in total. The number of Topliss-reactive ketones (excluding diaryl/α,β-unsaturated/α-hetero) is 1. The molecule has 0 saturated carbocycles. The van der Waals surface area contributed by atoms with Gasteiger partial charge in [0, 0.05) is 30.0 Å². The summed E-state index contributed by atoms with van der Waals surface area (Å²) >= 11 is 0. The zero-order chi connectivity index (χ0) is 21.6. The summed E-state index contributed by atoms with van der Waals surface area (Å²) in [7, 11) is 0. The van der Waals surface area contributed by atoms with E-state index in [1.807, 2.05) is 12.1 Å². The predicted octanol–water partition coefficient (Wildman–Crippen LogP) is 3.01. The maximum absolute atomic E-state index is 12.5. The number of ketones is 1. The summed E-state index contributed by atoms with van der Waals surface area (Å²) in [4.78, 5) is 19.4. The fourth-order valence-electron chi connectivity index (χ4n) is 3.34. The first-order valence-electron chi connectivity index (χ1n) is 9.93. The minimum atomic E-state index is -0.280. The Morgan fingerprint density at radius 1 is 1.35 bits per heavy atom. The lowest BCUT2D eigenvalue weighted by Gasteiger charge is -2.34. The zero-order valence-corrected chi connectivity index (χ0v) is 17.1. The average molecular weight is 414 g/mol. The van der Waals surface area contributed by atoms with Crippen molar-refractivity contribution in [3.05, 3.63) is 65.4 Å². The molecule has 1 aromatic carbocycles. The summed E-state index contributed by atoms with van der Waals surface area (Å²) in [5, 5.41) is 17.9. The van der Waals surface area contributed by atoms with Gasteiger partial charge in [-0.2, -0.15) is 5.10 Å². The van der Waals surface area contributed by atoms with Crippen molar-refractivity contribution in [3.8, 4) is 11.8 Å². The zero-order valence-electron chi connectivity index (χ0n) is 17.1. The second-order valence-electron chi connectivity index (χ2n) is 7.09. The number of benzene rings is 1. The summed E-state index contributed by atoms with van der Waals surface area (Å²) in [6.07, 6.45) is 2.81. The van der Waals surface area contributed by atoms with Crippen molar-refractivity contribution in [2.45, 2.75) is 13.0 Å². The molecule has 0 spiro atoms. The third-order valence-corrected chi connectivity index (χ3v) is 4.95. The minimum absolute atomic E-state index is 0.138. The number of ether oxygens (including phenoxy) is 1. The summed E-state index contributed by atoms with van der Waals surface area (Å²) in [6.45, 7) is 3.97. The van der Waals surface area contributed by atoms with E-state index in [9.17, 15) is 4.79 Å². The number of pyridine rings is 1. The van der Waals surface area contributed by atoms with Gasteiger partial charge in [-0.25, -0.2) is 4.98 Å². The lowest BCUT2D eigenvalue weighted by atomic mass is 10.1. The molecular weight excluding hydrogens is 392 g/mol. The Kier molecular flexibility index (Phi) is 6.05. The Morgan fingerprint density at radius 2 is 2.19 bits per heavy atom. The van der Waals surface area contributed by atoms with E-state index in [-0.39, 0.29) is 11.8 Å². The summed E-state index contributed by atoms with van der Waals surface area (Å²) in [5.41, 5.74) is 1.57. The number of rotatable bonds is 5. The fourth-order valence-corrected chi connectivity index (χ4v) is 3.34. The molecule has 0 radical (unpaired) electrons. The molecule has 0 bridgehead atoms. The highest BCUT2D eigenvalue weighted by Gasteiger charge is 2.22. The van der Waals surface area contributed by atoms with E-state index >= 15 is 0 Å². The number of H-pyrrole nitrogens is 1. The molecule has 8 nitrogen and oxygen atoms in total. The highest BCUT2D eigenvalue weighted by molar-refractivity contribution is 6.09. The number of aromatic nitrogens is 3. The maximum Gasteiger partial charge on any atom is 0.236 e. The molecule has 0 unspecified atom stereocenters. The van der Waals surface area contributed by atoms with Gasteiger partial charge in [-0.05, 0) is 18.9 Å². The first-order valence-corrected chi connectivity index (χ1v) is 9.93. The number of aromatic amines is 1. The Labute approximate surface area is 180 Å². The average Bonchev–Trinajstić information content (AvgIpc) is 3.31. The van der Waals surface area contributed by atoms with Crippen LogP contribution in [0.1, 0.15) is 28.4 Å². The maximum atomic E-state index is 12.5. The van der Waals surface area contributed by atoms with Crippen molar-refractivity contribution in [3.63, 3.8) is 0 Å². The summed E-state index contributed by atoms with van der Waals surface area (Å²) in [6, 6.07) is 12.6. The highest BCUT2D eigenvalue weighted by atomic mass is 16.5. The van der Waals surface area contributed by atoms with Gasteiger partial charge >= 0.3 is 0 Å². The molecule has 1 fully saturated rings. The first-order chi connectivity index (χ1) is 15.2. The Hall–Kier alpha value is -3.96. The predicted molar refractivity (Wildman–Crippen MR) is 119 cm³/mol.